The summed E-state index contributed by atoms with van der Waals surface area (Å²) in [6, 6.07) is 17.8. The molecule has 0 aliphatic carbocycles. The van der Waals surface area contributed by atoms with Gasteiger partial charge in [-0.2, -0.15) is 0 Å². The maximum absolute atomic E-state index is 13.1. The highest BCUT2D eigenvalue weighted by atomic mass is 19.1. The van der Waals surface area contributed by atoms with Crippen LogP contribution >= 0.6 is 0 Å². The number of piperazine rings is 1. The molecule has 1 saturated heterocycles. The van der Waals surface area contributed by atoms with Gasteiger partial charge < -0.3 is 19.0 Å². The van der Waals surface area contributed by atoms with Crippen molar-refractivity contribution in [3.63, 3.8) is 0 Å². The highest BCUT2D eigenvalue weighted by Crippen LogP contribution is 2.14. The van der Waals surface area contributed by atoms with Gasteiger partial charge in [0.25, 0.3) is 0 Å². The molecule has 4 rings (SSSR count). The van der Waals surface area contributed by atoms with Crippen molar-refractivity contribution in [2.24, 2.45) is 0 Å². The van der Waals surface area contributed by atoms with Crippen molar-refractivity contribution in [3.8, 4) is 5.75 Å². The lowest BCUT2D eigenvalue weighted by Crippen LogP contribution is -3.13. The molecule has 0 saturated carbocycles. The number of anilines is 1. The third-order valence-corrected chi connectivity index (χ3v) is 5.18. The summed E-state index contributed by atoms with van der Waals surface area (Å²) in [5, 5.41) is 0. The number of hydrogen-bond acceptors (Lipinski definition) is 4. The first-order valence-corrected chi connectivity index (χ1v) is 9.80. The van der Waals surface area contributed by atoms with Gasteiger partial charge in [0.15, 0.2) is 5.76 Å². The van der Waals surface area contributed by atoms with Crippen molar-refractivity contribution in [3.05, 3.63) is 94.3 Å². The van der Waals surface area contributed by atoms with E-state index in [1.807, 2.05) is 42.5 Å². The maximum Gasteiger partial charge on any atom is 0.227 e. The Morgan fingerprint density at radius 1 is 1.03 bits per heavy atom. The minimum Gasteiger partial charge on any atom is -0.482 e. The van der Waals surface area contributed by atoms with Crippen molar-refractivity contribution in [1.29, 1.82) is 0 Å². The van der Waals surface area contributed by atoms with Gasteiger partial charge in [0.05, 0.1) is 26.2 Å². The van der Waals surface area contributed by atoms with Crippen molar-refractivity contribution in [2.45, 2.75) is 13.2 Å². The summed E-state index contributed by atoms with van der Waals surface area (Å²) in [5.41, 5.74) is 1.88. The largest absolute Gasteiger partial charge is 0.482 e. The molecular formula is C23H24FN2O3+. The van der Waals surface area contributed by atoms with Gasteiger partial charge in [-0.15, -0.1) is 0 Å². The van der Waals surface area contributed by atoms with Gasteiger partial charge in [0.1, 0.15) is 25.2 Å². The number of hydrogen-bond donors (Lipinski definition) is 1. The Labute approximate surface area is 168 Å². The average Bonchev–Trinajstić information content (AvgIpc) is 2.75. The fourth-order valence-corrected chi connectivity index (χ4v) is 3.53. The van der Waals surface area contributed by atoms with E-state index in [9.17, 15) is 9.18 Å². The standard InChI is InChI=1S/C23H23FN2O3/c24-19-6-8-20(9-7-19)26-12-10-25(11-13-26)15-21-14-22(27)23(17-28-21)29-16-18-4-2-1-3-5-18/h1-9,14,17H,10-13,15-16H2/p+1. The number of halogens is 1. The Morgan fingerprint density at radius 2 is 1.76 bits per heavy atom. The molecule has 5 nitrogen and oxygen atoms in total. The molecule has 6 heteroatoms. The SMILES string of the molecule is O=c1cc(C[NH+]2CCN(c3ccc(F)cc3)CC2)occ1OCc1ccccc1. The van der Waals surface area contributed by atoms with E-state index in [2.05, 4.69) is 4.90 Å². The van der Waals surface area contributed by atoms with Gasteiger partial charge in [-0.3, -0.25) is 4.79 Å². The van der Waals surface area contributed by atoms with Crippen LogP contribution < -0.4 is 20.0 Å². The van der Waals surface area contributed by atoms with Crippen LogP contribution in [0.5, 0.6) is 5.75 Å². The normalized spacial score (nSPS) is 14.7. The van der Waals surface area contributed by atoms with Gasteiger partial charge in [-0.05, 0) is 29.8 Å². The van der Waals surface area contributed by atoms with E-state index in [0.717, 1.165) is 37.4 Å². The molecule has 3 aromatic rings. The molecule has 29 heavy (non-hydrogen) atoms. The molecule has 0 atom stereocenters. The Hall–Kier alpha value is -3.12. The second-order valence-corrected chi connectivity index (χ2v) is 7.24. The van der Waals surface area contributed by atoms with Crippen molar-refractivity contribution in [2.75, 3.05) is 31.1 Å². The second kappa shape index (κ2) is 8.92. The van der Waals surface area contributed by atoms with Gasteiger partial charge in [-0.1, -0.05) is 30.3 Å². The molecule has 1 aromatic heterocycles. The number of benzene rings is 2. The minimum atomic E-state index is -0.218. The molecule has 1 aliphatic rings. The molecule has 1 aliphatic heterocycles. The van der Waals surface area contributed by atoms with E-state index in [1.165, 1.54) is 29.4 Å². The highest BCUT2D eigenvalue weighted by molar-refractivity contribution is 5.46. The fraction of sp³-hybridized carbons (Fsp3) is 0.261. The smallest absolute Gasteiger partial charge is 0.227 e. The van der Waals surface area contributed by atoms with Gasteiger partial charge in [0.2, 0.25) is 11.2 Å². The molecule has 0 amide bonds. The van der Waals surface area contributed by atoms with Crippen LogP contribution in [0.2, 0.25) is 0 Å². The Bertz CT molecular complexity index is 981. The molecule has 1 N–H and O–H groups in total. The number of nitrogens with zero attached hydrogens (tertiary/aromatic N) is 1. The molecule has 2 aromatic carbocycles. The monoisotopic (exact) mass is 395 g/mol. The summed E-state index contributed by atoms with van der Waals surface area (Å²) in [7, 11) is 0. The molecule has 1 fully saturated rings. The predicted octanol–water partition coefficient (Wildman–Crippen LogP) is 2.26. The van der Waals surface area contributed by atoms with E-state index in [1.54, 1.807) is 0 Å². The Morgan fingerprint density at radius 3 is 2.45 bits per heavy atom. The van der Waals surface area contributed by atoms with Crippen LogP contribution in [0, 0.1) is 5.82 Å². The van der Waals surface area contributed by atoms with Crippen LogP contribution in [0.15, 0.2) is 76.1 Å². The number of nitrogens with one attached hydrogen (secondary N) is 1. The number of ether oxygens (including phenoxy) is 1. The van der Waals surface area contributed by atoms with Crippen LogP contribution in [-0.2, 0) is 13.2 Å². The number of quaternary nitrogens is 1. The molecule has 0 spiro atoms. The first-order valence-electron chi connectivity index (χ1n) is 9.80. The second-order valence-electron chi connectivity index (χ2n) is 7.24. The zero-order valence-electron chi connectivity index (χ0n) is 16.1. The summed E-state index contributed by atoms with van der Waals surface area (Å²) < 4.78 is 24.3. The Kier molecular flexibility index (Phi) is 5.91. The van der Waals surface area contributed by atoms with Gasteiger partial charge in [-0.25, -0.2) is 4.39 Å². The quantitative estimate of drug-likeness (QED) is 0.696. The predicted molar refractivity (Wildman–Crippen MR) is 109 cm³/mol. The maximum atomic E-state index is 13.1. The summed E-state index contributed by atoms with van der Waals surface area (Å²) in [6.07, 6.45) is 1.41. The van der Waals surface area contributed by atoms with E-state index >= 15 is 0 Å². The van der Waals surface area contributed by atoms with E-state index in [-0.39, 0.29) is 17.0 Å². The molecule has 2 heterocycles. The van der Waals surface area contributed by atoms with Gasteiger partial charge >= 0.3 is 0 Å². The molecule has 0 radical (unpaired) electrons. The minimum absolute atomic E-state index is 0.161. The van der Waals surface area contributed by atoms with Crippen LogP contribution in [0.4, 0.5) is 10.1 Å². The molecule has 150 valence electrons. The third kappa shape index (κ3) is 5.03. The summed E-state index contributed by atoms with van der Waals surface area (Å²) >= 11 is 0. The van der Waals surface area contributed by atoms with Crippen LogP contribution in [0.3, 0.4) is 0 Å². The summed E-state index contributed by atoms with van der Waals surface area (Å²) in [5.74, 6) is 0.672. The average molecular weight is 395 g/mol. The fourth-order valence-electron chi connectivity index (χ4n) is 3.53. The van der Waals surface area contributed by atoms with E-state index in [4.69, 9.17) is 9.15 Å². The summed E-state index contributed by atoms with van der Waals surface area (Å²) in [4.78, 5) is 15.9. The van der Waals surface area contributed by atoms with Gasteiger partial charge in [0, 0.05) is 11.8 Å². The lowest BCUT2D eigenvalue weighted by atomic mass is 10.2. The Balaban J connectivity index is 1.30. The zero-order chi connectivity index (χ0) is 20.1. The topological polar surface area (TPSA) is 47.1 Å². The van der Waals surface area contributed by atoms with E-state index < -0.39 is 0 Å². The van der Waals surface area contributed by atoms with Crippen LogP contribution in [0.1, 0.15) is 11.3 Å². The lowest BCUT2D eigenvalue weighted by Gasteiger charge is -2.33. The van der Waals surface area contributed by atoms with Crippen LogP contribution in [0.25, 0.3) is 0 Å². The summed E-state index contributed by atoms with van der Waals surface area (Å²) in [6.45, 7) is 4.60. The van der Waals surface area contributed by atoms with Crippen LogP contribution in [-0.4, -0.2) is 26.2 Å². The van der Waals surface area contributed by atoms with E-state index in [0.29, 0.717) is 18.9 Å². The first-order chi connectivity index (χ1) is 14.2. The van der Waals surface area contributed by atoms with Crippen molar-refractivity contribution < 1.29 is 18.4 Å². The molecule has 0 bridgehead atoms. The lowest BCUT2D eigenvalue weighted by molar-refractivity contribution is -0.915. The van der Waals surface area contributed by atoms with Crippen molar-refractivity contribution >= 4 is 5.69 Å². The third-order valence-electron chi connectivity index (χ3n) is 5.18. The first kappa shape index (κ1) is 19.2. The highest BCUT2D eigenvalue weighted by Gasteiger charge is 2.21. The molecular weight excluding hydrogens is 371 g/mol. The van der Waals surface area contributed by atoms with Crippen molar-refractivity contribution in [1.82, 2.24) is 0 Å². The zero-order valence-corrected chi connectivity index (χ0v) is 16.1. The number of rotatable bonds is 6. The molecule has 0 unspecified atom stereocenters.